The molecule has 0 radical (unpaired) electrons. The summed E-state index contributed by atoms with van der Waals surface area (Å²) in [5, 5.41) is 6.17. The minimum absolute atomic E-state index is 0.627. The molecule has 0 amide bonds. The van der Waals surface area contributed by atoms with Gasteiger partial charge in [0.1, 0.15) is 11.6 Å². The second-order valence-electron chi connectivity index (χ2n) is 3.19. The third kappa shape index (κ3) is 4.95. The zero-order valence-corrected chi connectivity index (χ0v) is 9.82. The SMILES string of the molecule is CNc1cccc(NCCOCCOC)n1. The zero-order chi connectivity index (χ0) is 11.6. The van der Waals surface area contributed by atoms with Gasteiger partial charge in [0.25, 0.3) is 0 Å². The van der Waals surface area contributed by atoms with Crippen LogP contribution in [0.2, 0.25) is 0 Å². The summed E-state index contributed by atoms with van der Waals surface area (Å²) in [4.78, 5) is 4.32. The largest absolute Gasteiger partial charge is 0.382 e. The van der Waals surface area contributed by atoms with Gasteiger partial charge in [0, 0.05) is 20.7 Å². The third-order valence-corrected chi connectivity index (χ3v) is 1.99. The van der Waals surface area contributed by atoms with Crippen LogP contribution in [0.4, 0.5) is 11.6 Å². The first-order valence-corrected chi connectivity index (χ1v) is 5.32. The van der Waals surface area contributed by atoms with Gasteiger partial charge in [-0.2, -0.15) is 0 Å². The molecule has 0 aliphatic carbocycles. The number of methoxy groups -OCH3 is 1. The lowest BCUT2D eigenvalue weighted by Crippen LogP contribution is -2.12. The van der Waals surface area contributed by atoms with Crippen LogP contribution in [0.25, 0.3) is 0 Å². The van der Waals surface area contributed by atoms with Crippen molar-refractivity contribution in [1.82, 2.24) is 4.98 Å². The Balaban J connectivity index is 2.16. The number of nitrogens with zero attached hydrogens (tertiary/aromatic N) is 1. The van der Waals surface area contributed by atoms with Crippen molar-refractivity contribution in [2.24, 2.45) is 0 Å². The van der Waals surface area contributed by atoms with Crippen LogP contribution in [0.5, 0.6) is 0 Å². The molecule has 0 bridgehead atoms. The Bertz CT molecular complexity index is 294. The summed E-state index contributed by atoms with van der Waals surface area (Å²) in [7, 11) is 3.51. The number of pyridine rings is 1. The van der Waals surface area contributed by atoms with Gasteiger partial charge in [0.05, 0.1) is 19.8 Å². The van der Waals surface area contributed by atoms with Crippen LogP contribution in [0, 0.1) is 0 Å². The molecule has 1 aromatic heterocycles. The fraction of sp³-hybridized carbons (Fsp3) is 0.545. The number of ether oxygens (including phenoxy) is 2. The molecule has 0 fully saturated rings. The zero-order valence-electron chi connectivity index (χ0n) is 9.82. The average molecular weight is 225 g/mol. The van der Waals surface area contributed by atoms with E-state index in [0.717, 1.165) is 18.2 Å². The Morgan fingerprint density at radius 2 is 2.00 bits per heavy atom. The molecular formula is C11H19N3O2. The molecule has 0 aliphatic rings. The van der Waals surface area contributed by atoms with Gasteiger partial charge < -0.3 is 20.1 Å². The predicted octanol–water partition coefficient (Wildman–Crippen LogP) is 1.20. The van der Waals surface area contributed by atoms with E-state index in [-0.39, 0.29) is 0 Å². The molecule has 0 spiro atoms. The Hall–Kier alpha value is -1.33. The standard InChI is InChI=1S/C11H19N3O2/c1-12-10-4-3-5-11(14-10)13-6-7-16-9-8-15-2/h3-5H,6-9H2,1-2H3,(H2,12,13,14). The van der Waals surface area contributed by atoms with Crippen LogP contribution in [0.3, 0.4) is 0 Å². The molecule has 5 heteroatoms. The number of nitrogens with one attached hydrogen (secondary N) is 2. The second kappa shape index (κ2) is 7.90. The first-order valence-electron chi connectivity index (χ1n) is 5.32. The van der Waals surface area contributed by atoms with Gasteiger partial charge >= 0.3 is 0 Å². The topological polar surface area (TPSA) is 55.4 Å². The van der Waals surface area contributed by atoms with Crippen molar-refractivity contribution in [3.05, 3.63) is 18.2 Å². The van der Waals surface area contributed by atoms with Gasteiger partial charge in [-0.25, -0.2) is 4.98 Å². The molecule has 0 saturated carbocycles. The van der Waals surface area contributed by atoms with Gasteiger partial charge in [0.2, 0.25) is 0 Å². The summed E-state index contributed by atoms with van der Waals surface area (Å²) in [6.45, 7) is 2.65. The summed E-state index contributed by atoms with van der Waals surface area (Å²) in [5.74, 6) is 1.70. The lowest BCUT2D eigenvalue weighted by atomic mass is 10.4. The van der Waals surface area contributed by atoms with E-state index in [4.69, 9.17) is 9.47 Å². The molecule has 0 aliphatic heterocycles. The average Bonchev–Trinajstić information content (AvgIpc) is 2.34. The maximum absolute atomic E-state index is 5.32. The highest BCUT2D eigenvalue weighted by Crippen LogP contribution is 2.07. The molecule has 16 heavy (non-hydrogen) atoms. The van der Waals surface area contributed by atoms with E-state index >= 15 is 0 Å². The van der Waals surface area contributed by atoms with Gasteiger partial charge in [-0.05, 0) is 12.1 Å². The maximum atomic E-state index is 5.32. The molecule has 1 rings (SSSR count). The summed E-state index contributed by atoms with van der Waals surface area (Å²) < 4.78 is 10.2. The van der Waals surface area contributed by atoms with E-state index in [1.165, 1.54) is 0 Å². The molecule has 2 N–H and O–H groups in total. The van der Waals surface area contributed by atoms with Crippen LogP contribution in [0.1, 0.15) is 0 Å². The van der Waals surface area contributed by atoms with E-state index < -0.39 is 0 Å². The van der Waals surface area contributed by atoms with Crippen LogP contribution < -0.4 is 10.6 Å². The lowest BCUT2D eigenvalue weighted by molar-refractivity contribution is 0.0759. The highest BCUT2D eigenvalue weighted by atomic mass is 16.5. The molecule has 1 aromatic rings. The Kier molecular flexibility index (Phi) is 6.29. The highest BCUT2D eigenvalue weighted by Gasteiger charge is 1.94. The van der Waals surface area contributed by atoms with Crippen LogP contribution in [0.15, 0.2) is 18.2 Å². The van der Waals surface area contributed by atoms with E-state index in [2.05, 4.69) is 15.6 Å². The summed E-state index contributed by atoms with van der Waals surface area (Å²) in [6, 6.07) is 5.79. The van der Waals surface area contributed by atoms with Crippen molar-refractivity contribution in [3.63, 3.8) is 0 Å². The number of rotatable bonds is 8. The Labute approximate surface area is 96.2 Å². The van der Waals surface area contributed by atoms with Gasteiger partial charge in [0.15, 0.2) is 0 Å². The highest BCUT2D eigenvalue weighted by molar-refractivity contribution is 5.44. The van der Waals surface area contributed by atoms with E-state index in [9.17, 15) is 0 Å². The van der Waals surface area contributed by atoms with Gasteiger partial charge in [-0.1, -0.05) is 6.07 Å². The number of aromatic nitrogens is 1. The fourth-order valence-electron chi connectivity index (χ4n) is 1.17. The third-order valence-electron chi connectivity index (χ3n) is 1.99. The molecule has 0 atom stereocenters. The Morgan fingerprint density at radius 1 is 1.19 bits per heavy atom. The van der Waals surface area contributed by atoms with Crippen molar-refractivity contribution >= 4 is 11.6 Å². The minimum atomic E-state index is 0.627. The molecular weight excluding hydrogens is 206 g/mol. The minimum Gasteiger partial charge on any atom is -0.382 e. The van der Waals surface area contributed by atoms with Crippen LogP contribution >= 0.6 is 0 Å². The van der Waals surface area contributed by atoms with Crippen LogP contribution in [-0.2, 0) is 9.47 Å². The van der Waals surface area contributed by atoms with Crippen molar-refractivity contribution in [2.45, 2.75) is 0 Å². The second-order valence-corrected chi connectivity index (χ2v) is 3.19. The lowest BCUT2D eigenvalue weighted by Gasteiger charge is -2.07. The number of hydrogen-bond acceptors (Lipinski definition) is 5. The van der Waals surface area contributed by atoms with E-state index in [1.54, 1.807) is 7.11 Å². The smallest absolute Gasteiger partial charge is 0.128 e. The first kappa shape index (κ1) is 12.7. The summed E-state index contributed by atoms with van der Waals surface area (Å²) in [5.41, 5.74) is 0. The summed E-state index contributed by atoms with van der Waals surface area (Å²) >= 11 is 0. The number of anilines is 2. The first-order chi connectivity index (χ1) is 7.86. The van der Waals surface area contributed by atoms with Gasteiger partial charge in [-0.3, -0.25) is 0 Å². The fourth-order valence-corrected chi connectivity index (χ4v) is 1.17. The molecule has 0 aromatic carbocycles. The molecule has 90 valence electrons. The van der Waals surface area contributed by atoms with E-state index in [0.29, 0.717) is 19.8 Å². The van der Waals surface area contributed by atoms with E-state index in [1.807, 2.05) is 25.2 Å². The molecule has 0 saturated heterocycles. The maximum Gasteiger partial charge on any atom is 0.128 e. The quantitative estimate of drug-likeness (QED) is 0.651. The predicted molar refractivity (Wildman–Crippen MR) is 65.0 cm³/mol. The van der Waals surface area contributed by atoms with Crippen molar-refractivity contribution in [2.75, 3.05) is 51.2 Å². The van der Waals surface area contributed by atoms with Crippen molar-refractivity contribution in [1.29, 1.82) is 0 Å². The Morgan fingerprint density at radius 3 is 2.75 bits per heavy atom. The monoisotopic (exact) mass is 225 g/mol. The van der Waals surface area contributed by atoms with Crippen molar-refractivity contribution in [3.8, 4) is 0 Å². The van der Waals surface area contributed by atoms with Gasteiger partial charge in [-0.15, -0.1) is 0 Å². The summed E-state index contributed by atoms with van der Waals surface area (Å²) in [6.07, 6.45) is 0. The molecule has 0 unspecified atom stereocenters. The molecule has 1 heterocycles. The normalized spacial score (nSPS) is 10.1. The van der Waals surface area contributed by atoms with Crippen molar-refractivity contribution < 1.29 is 9.47 Å². The van der Waals surface area contributed by atoms with Crippen LogP contribution in [-0.4, -0.2) is 45.5 Å². The number of hydrogen-bond donors (Lipinski definition) is 2. The molecule has 5 nitrogen and oxygen atoms in total.